The fourth-order valence-electron chi connectivity index (χ4n) is 1.37. The van der Waals surface area contributed by atoms with Crippen molar-refractivity contribution in [1.29, 1.82) is 0 Å². The number of hydrogen-bond donors (Lipinski definition) is 0. The molecule has 1 aliphatic carbocycles. The third-order valence-corrected chi connectivity index (χ3v) is 2.27. The zero-order valence-electron chi connectivity index (χ0n) is 9.22. The molecular formula is C15H13N. The van der Waals surface area contributed by atoms with Gasteiger partial charge in [-0.15, -0.1) is 0 Å². The summed E-state index contributed by atoms with van der Waals surface area (Å²) in [6, 6.07) is 5.74. The Balaban J connectivity index is 2.17. The van der Waals surface area contributed by atoms with Gasteiger partial charge in [0.15, 0.2) is 0 Å². The molecule has 78 valence electrons. The quantitative estimate of drug-likeness (QED) is 0.596. The molecule has 1 heteroatoms. The molecule has 1 heterocycles. The van der Waals surface area contributed by atoms with Crippen LogP contribution in [0.2, 0.25) is 0 Å². The zero-order valence-corrected chi connectivity index (χ0v) is 9.22. The monoisotopic (exact) mass is 207 g/mol. The number of rotatable bonds is 0. The van der Waals surface area contributed by atoms with Gasteiger partial charge in [0.25, 0.3) is 0 Å². The predicted octanol–water partition coefficient (Wildman–Crippen LogP) is 3.12. The van der Waals surface area contributed by atoms with E-state index in [1.54, 1.807) is 6.20 Å². The minimum absolute atomic E-state index is 0.477. The molecule has 0 fully saturated rings. The van der Waals surface area contributed by atoms with Crippen LogP contribution in [0.1, 0.15) is 12.6 Å². The number of aromatic nitrogens is 1. The Labute approximate surface area is 96.2 Å². The summed E-state index contributed by atoms with van der Waals surface area (Å²) in [5.74, 6) is 6.63. The molecule has 1 aromatic heterocycles. The summed E-state index contributed by atoms with van der Waals surface area (Å²) < 4.78 is 0. The maximum atomic E-state index is 4.16. The van der Waals surface area contributed by atoms with Gasteiger partial charge in [0.2, 0.25) is 0 Å². The van der Waals surface area contributed by atoms with Crippen LogP contribution in [0.4, 0.5) is 0 Å². The first-order chi connectivity index (χ1) is 7.84. The van der Waals surface area contributed by atoms with Gasteiger partial charge in [0.05, 0.1) is 0 Å². The second kappa shape index (κ2) is 5.14. The first-order valence-electron chi connectivity index (χ1n) is 5.34. The molecular weight excluding hydrogens is 194 g/mol. The Kier molecular flexibility index (Phi) is 3.35. The lowest BCUT2D eigenvalue weighted by molar-refractivity contribution is 0.942. The summed E-state index contributed by atoms with van der Waals surface area (Å²) in [4.78, 5) is 4.16. The lowest BCUT2D eigenvalue weighted by Crippen LogP contribution is -1.80. The van der Waals surface area contributed by atoms with E-state index in [0.717, 1.165) is 11.3 Å². The van der Waals surface area contributed by atoms with Crippen LogP contribution < -0.4 is 0 Å². The average Bonchev–Trinajstić information content (AvgIpc) is 2.53. The maximum Gasteiger partial charge on any atom is 0.113 e. The van der Waals surface area contributed by atoms with E-state index in [4.69, 9.17) is 0 Å². The average molecular weight is 207 g/mol. The number of pyridine rings is 1. The van der Waals surface area contributed by atoms with E-state index in [1.165, 1.54) is 0 Å². The maximum absolute atomic E-state index is 4.16. The summed E-state index contributed by atoms with van der Waals surface area (Å²) in [5.41, 5.74) is 1.82. The minimum Gasteiger partial charge on any atom is -0.248 e. The van der Waals surface area contributed by atoms with E-state index < -0.39 is 0 Å². The molecule has 0 radical (unpaired) electrons. The highest BCUT2D eigenvalue weighted by Crippen LogP contribution is 2.08. The van der Waals surface area contributed by atoms with Crippen LogP contribution in [0.5, 0.6) is 0 Å². The van der Waals surface area contributed by atoms with Gasteiger partial charge in [-0.25, -0.2) is 4.98 Å². The Morgan fingerprint density at radius 3 is 2.94 bits per heavy atom. The van der Waals surface area contributed by atoms with Crippen LogP contribution in [0.25, 0.3) is 0 Å². The van der Waals surface area contributed by atoms with E-state index >= 15 is 0 Å². The first-order valence-corrected chi connectivity index (χ1v) is 5.34. The minimum atomic E-state index is 0.477. The Bertz CT molecular complexity index is 495. The van der Waals surface area contributed by atoms with Crippen molar-refractivity contribution in [2.24, 2.45) is 5.92 Å². The predicted molar refractivity (Wildman–Crippen MR) is 66.6 cm³/mol. The van der Waals surface area contributed by atoms with Crippen molar-refractivity contribution in [1.82, 2.24) is 4.98 Å². The van der Waals surface area contributed by atoms with Gasteiger partial charge in [-0.1, -0.05) is 37.1 Å². The fraction of sp³-hybridized carbons (Fsp3) is 0.133. The van der Waals surface area contributed by atoms with Gasteiger partial charge in [-0.2, -0.15) is 0 Å². The van der Waals surface area contributed by atoms with E-state index in [2.05, 4.69) is 42.0 Å². The molecule has 16 heavy (non-hydrogen) atoms. The summed E-state index contributed by atoms with van der Waals surface area (Å²) in [7, 11) is 0. The summed E-state index contributed by atoms with van der Waals surface area (Å²) in [6.45, 7) is 2.15. The number of hydrogen-bond acceptors (Lipinski definition) is 1. The standard InChI is InChI=1S/C15H13N/c1-13-5-4-6-14(9-8-13)10-11-15-7-2-3-12-16-15/h2-9,12-13H,1H3. The molecule has 0 saturated carbocycles. The molecule has 1 nitrogen and oxygen atoms in total. The van der Waals surface area contributed by atoms with E-state index in [0.29, 0.717) is 5.92 Å². The molecule has 0 aromatic carbocycles. The third-order valence-electron chi connectivity index (χ3n) is 2.27. The highest BCUT2D eigenvalue weighted by Gasteiger charge is 1.94. The van der Waals surface area contributed by atoms with Crippen molar-refractivity contribution in [3.05, 3.63) is 66.0 Å². The Morgan fingerprint density at radius 2 is 2.12 bits per heavy atom. The van der Waals surface area contributed by atoms with Crippen molar-refractivity contribution in [2.45, 2.75) is 6.92 Å². The molecule has 0 spiro atoms. The van der Waals surface area contributed by atoms with Crippen molar-refractivity contribution in [3.8, 4) is 11.8 Å². The lowest BCUT2D eigenvalue weighted by Gasteiger charge is -1.91. The van der Waals surface area contributed by atoms with Crippen LogP contribution in [0, 0.1) is 17.8 Å². The zero-order chi connectivity index (χ0) is 11.2. The van der Waals surface area contributed by atoms with Crippen LogP contribution in [-0.2, 0) is 0 Å². The van der Waals surface area contributed by atoms with Gasteiger partial charge in [0, 0.05) is 11.8 Å². The molecule has 1 unspecified atom stereocenters. The molecule has 1 atom stereocenters. The molecule has 1 aromatic rings. The summed E-state index contributed by atoms with van der Waals surface area (Å²) >= 11 is 0. The molecule has 2 rings (SSSR count). The summed E-state index contributed by atoms with van der Waals surface area (Å²) in [6.07, 6.45) is 12.2. The Morgan fingerprint density at radius 1 is 1.19 bits per heavy atom. The molecule has 0 bridgehead atoms. The van der Waals surface area contributed by atoms with Crippen LogP contribution in [0.3, 0.4) is 0 Å². The Hall–Kier alpha value is -2.07. The smallest absolute Gasteiger partial charge is 0.113 e. The highest BCUT2D eigenvalue weighted by molar-refractivity contribution is 5.45. The van der Waals surface area contributed by atoms with Crippen molar-refractivity contribution in [2.75, 3.05) is 0 Å². The van der Waals surface area contributed by atoms with E-state index in [9.17, 15) is 0 Å². The van der Waals surface area contributed by atoms with Gasteiger partial charge in [0.1, 0.15) is 5.69 Å². The molecule has 0 aliphatic heterocycles. The van der Waals surface area contributed by atoms with Gasteiger partial charge in [-0.3, -0.25) is 0 Å². The SMILES string of the molecule is CC1C=CC=C(C#Cc2ccccn2)C=C1. The number of nitrogens with zero attached hydrogens (tertiary/aromatic N) is 1. The van der Waals surface area contributed by atoms with Crippen molar-refractivity contribution in [3.63, 3.8) is 0 Å². The van der Waals surface area contributed by atoms with Crippen LogP contribution in [-0.4, -0.2) is 4.98 Å². The van der Waals surface area contributed by atoms with E-state index in [-0.39, 0.29) is 0 Å². The second-order valence-corrected chi connectivity index (χ2v) is 3.69. The lowest BCUT2D eigenvalue weighted by atomic mass is 10.1. The van der Waals surface area contributed by atoms with Crippen molar-refractivity contribution >= 4 is 0 Å². The topological polar surface area (TPSA) is 12.9 Å². The third kappa shape index (κ3) is 2.96. The summed E-state index contributed by atoms with van der Waals surface area (Å²) in [5, 5.41) is 0. The molecule has 0 N–H and O–H groups in total. The molecule has 0 saturated heterocycles. The number of allylic oxidation sites excluding steroid dienone is 6. The van der Waals surface area contributed by atoms with Gasteiger partial charge in [-0.05, 0) is 36.1 Å². The van der Waals surface area contributed by atoms with E-state index in [1.807, 2.05) is 30.4 Å². The van der Waals surface area contributed by atoms with Crippen LogP contribution >= 0.6 is 0 Å². The normalized spacial score (nSPS) is 18.3. The van der Waals surface area contributed by atoms with Crippen molar-refractivity contribution < 1.29 is 0 Å². The molecule has 1 aliphatic rings. The largest absolute Gasteiger partial charge is 0.248 e. The van der Waals surface area contributed by atoms with Crippen LogP contribution in [0.15, 0.2) is 60.3 Å². The van der Waals surface area contributed by atoms with Gasteiger partial charge >= 0.3 is 0 Å². The fourth-order valence-corrected chi connectivity index (χ4v) is 1.37. The molecule has 0 amide bonds. The highest BCUT2D eigenvalue weighted by atomic mass is 14.6. The second-order valence-electron chi connectivity index (χ2n) is 3.69. The van der Waals surface area contributed by atoms with Gasteiger partial charge < -0.3 is 0 Å². The first kappa shape index (κ1) is 10.4.